The molecule has 238 valence electrons. The van der Waals surface area contributed by atoms with Crippen molar-refractivity contribution in [1.82, 2.24) is 9.80 Å². The number of aromatic hydroxyl groups is 1. The van der Waals surface area contributed by atoms with Gasteiger partial charge < -0.3 is 31.5 Å². The highest BCUT2D eigenvalue weighted by Crippen LogP contribution is 2.54. The molecule has 0 radical (unpaired) electrons. The molecule has 0 heterocycles. The zero-order valence-electron chi connectivity index (χ0n) is 24.8. The minimum absolute atomic E-state index is 0.0194. The topological polar surface area (TPSA) is 194 Å². The Hall–Kier alpha value is -4.30. The molecule has 45 heavy (non-hydrogen) atoms. The van der Waals surface area contributed by atoms with E-state index in [0.29, 0.717) is 5.56 Å². The van der Waals surface area contributed by atoms with Gasteiger partial charge in [0.25, 0.3) is 5.91 Å². The summed E-state index contributed by atoms with van der Waals surface area (Å²) in [6, 6.07) is 4.71. The lowest BCUT2D eigenvalue weighted by molar-refractivity contribution is -0.153. The van der Waals surface area contributed by atoms with E-state index in [1.54, 1.807) is 20.2 Å². The normalized spacial score (nSPS) is 25.2. The number of nitrogens with zero attached hydrogens (tertiary/aromatic N) is 2. The van der Waals surface area contributed by atoms with Crippen LogP contribution < -0.4 is 11.1 Å². The number of halogens is 2. The summed E-state index contributed by atoms with van der Waals surface area (Å²) in [5.41, 5.74) is 1.09. The first kappa shape index (κ1) is 32.1. The molecule has 2 aromatic carbocycles. The van der Waals surface area contributed by atoms with Crippen molar-refractivity contribution in [1.29, 1.82) is 0 Å². The van der Waals surface area contributed by atoms with E-state index in [4.69, 9.17) is 17.3 Å². The van der Waals surface area contributed by atoms with Crippen LogP contribution in [0.1, 0.15) is 29.2 Å². The number of aliphatic hydroxyl groups is 3. The number of carbonyl (C=O) groups excluding carboxylic acids is 4. The van der Waals surface area contributed by atoms with Crippen molar-refractivity contribution in [2.24, 2.45) is 17.6 Å². The number of phenolic OH excluding ortho intramolecular Hbond substituents is 1. The van der Waals surface area contributed by atoms with Crippen LogP contribution in [0.2, 0.25) is 5.02 Å². The summed E-state index contributed by atoms with van der Waals surface area (Å²) in [7, 11) is 6.13. The van der Waals surface area contributed by atoms with Gasteiger partial charge in [0.15, 0.2) is 17.1 Å². The van der Waals surface area contributed by atoms with Gasteiger partial charge in [0.2, 0.25) is 11.7 Å². The maximum Gasteiger partial charge on any atom is 0.255 e. The molecule has 2 amide bonds. The molecule has 1 saturated carbocycles. The molecule has 0 aliphatic heterocycles. The Morgan fingerprint density at radius 2 is 1.78 bits per heavy atom. The number of anilines is 1. The number of Topliss-reactive ketones (excluding diaryl/α,β-unsaturated/α-hetero) is 2. The molecule has 0 bridgehead atoms. The highest BCUT2D eigenvalue weighted by molar-refractivity contribution is 6.34. The number of carbonyl (C=O) groups is 4. The van der Waals surface area contributed by atoms with Crippen molar-refractivity contribution < 1.29 is 44.0 Å². The summed E-state index contributed by atoms with van der Waals surface area (Å²) in [5, 5.41) is 47.9. The third-order valence-electron chi connectivity index (χ3n) is 8.88. The molecule has 0 aromatic heterocycles. The van der Waals surface area contributed by atoms with Crippen molar-refractivity contribution >= 4 is 46.4 Å². The number of likely N-dealkylation sites (N-methyl/N-ethyl adjacent to an activating group) is 2. The predicted octanol–water partition coefficient (Wildman–Crippen LogP) is 2.00. The van der Waals surface area contributed by atoms with Crippen LogP contribution in [-0.4, -0.2) is 93.4 Å². The number of fused-ring (bicyclic) bond motifs is 3. The van der Waals surface area contributed by atoms with Crippen molar-refractivity contribution in [2.75, 3.05) is 33.5 Å². The van der Waals surface area contributed by atoms with Gasteiger partial charge in [-0.05, 0) is 64.6 Å². The molecular formula is C31H32ClFN4O8. The van der Waals surface area contributed by atoms with E-state index in [1.807, 2.05) is 0 Å². The van der Waals surface area contributed by atoms with Crippen LogP contribution in [0.3, 0.4) is 0 Å². The predicted molar refractivity (Wildman–Crippen MR) is 161 cm³/mol. The van der Waals surface area contributed by atoms with E-state index < -0.39 is 81.6 Å². The Kier molecular flexibility index (Phi) is 8.03. The van der Waals surface area contributed by atoms with Gasteiger partial charge in [-0.25, -0.2) is 4.39 Å². The fourth-order valence-corrected chi connectivity index (χ4v) is 7.19. The van der Waals surface area contributed by atoms with Crippen LogP contribution in [0.15, 0.2) is 47.2 Å². The Morgan fingerprint density at radius 1 is 1.13 bits per heavy atom. The monoisotopic (exact) mass is 642 g/mol. The van der Waals surface area contributed by atoms with Crippen molar-refractivity contribution in [2.45, 2.75) is 30.5 Å². The minimum atomic E-state index is -2.79. The van der Waals surface area contributed by atoms with Gasteiger partial charge in [0.05, 0.1) is 16.6 Å². The van der Waals surface area contributed by atoms with Crippen molar-refractivity contribution in [3.63, 3.8) is 0 Å². The quantitative estimate of drug-likeness (QED) is 0.200. The van der Waals surface area contributed by atoms with Crippen LogP contribution in [-0.2, 0) is 25.6 Å². The number of phenols is 1. The lowest BCUT2D eigenvalue weighted by Gasteiger charge is -2.50. The van der Waals surface area contributed by atoms with Gasteiger partial charge in [-0.1, -0.05) is 29.8 Å². The van der Waals surface area contributed by atoms with Gasteiger partial charge in [-0.2, -0.15) is 0 Å². The summed E-state index contributed by atoms with van der Waals surface area (Å²) >= 11 is 6.50. The Labute approximate surface area is 262 Å². The summed E-state index contributed by atoms with van der Waals surface area (Å²) < 4.78 is 14.6. The fraction of sp³-hybridized carbons (Fsp3) is 0.355. The Morgan fingerprint density at radius 3 is 2.36 bits per heavy atom. The summed E-state index contributed by atoms with van der Waals surface area (Å²) in [5.74, 6) is -9.40. The maximum atomic E-state index is 14.6. The van der Waals surface area contributed by atoms with E-state index >= 15 is 0 Å². The highest BCUT2D eigenvalue weighted by Gasteiger charge is 2.64. The first-order valence-electron chi connectivity index (χ1n) is 13.9. The summed E-state index contributed by atoms with van der Waals surface area (Å²) in [4.78, 5) is 55.7. The molecule has 12 nitrogen and oxygen atoms in total. The zero-order valence-corrected chi connectivity index (χ0v) is 25.5. The number of ketones is 2. The van der Waals surface area contributed by atoms with Gasteiger partial charge in [0, 0.05) is 17.1 Å². The molecule has 5 rings (SSSR count). The first-order valence-corrected chi connectivity index (χ1v) is 14.3. The number of benzene rings is 2. The van der Waals surface area contributed by atoms with E-state index in [-0.39, 0.29) is 40.3 Å². The molecule has 7 N–H and O–H groups in total. The maximum absolute atomic E-state index is 14.6. The third-order valence-corrected chi connectivity index (χ3v) is 9.17. The molecule has 0 saturated heterocycles. The number of rotatable bonds is 6. The average molecular weight is 643 g/mol. The van der Waals surface area contributed by atoms with Crippen molar-refractivity contribution in [3.8, 4) is 5.75 Å². The van der Waals surface area contributed by atoms with Crippen LogP contribution in [0.25, 0.3) is 5.76 Å². The molecule has 0 spiro atoms. The van der Waals surface area contributed by atoms with E-state index in [9.17, 15) is 44.0 Å². The second-order valence-electron chi connectivity index (χ2n) is 12.0. The van der Waals surface area contributed by atoms with Crippen LogP contribution in [0.4, 0.5) is 10.1 Å². The van der Waals surface area contributed by atoms with Gasteiger partial charge in [0.1, 0.15) is 34.6 Å². The van der Waals surface area contributed by atoms with E-state index in [1.165, 1.54) is 48.2 Å². The van der Waals surface area contributed by atoms with Gasteiger partial charge in [-0.3, -0.25) is 29.0 Å². The molecule has 3 aliphatic rings. The second kappa shape index (κ2) is 11.2. The number of amides is 2. The number of primary amides is 1. The molecule has 5 atom stereocenters. The van der Waals surface area contributed by atoms with Crippen LogP contribution in [0.5, 0.6) is 5.75 Å². The number of nitrogens with two attached hydrogens (primary N) is 1. The van der Waals surface area contributed by atoms with Crippen LogP contribution >= 0.6 is 11.6 Å². The lowest BCUT2D eigenvalue weighted by Crippen LogP contribution is -2.65. The van der Waals surface area contributed by atoms with E-state index in [0.717, 1.165) is 0 Å². The fourth-order valence-electron chi connectivity index (χ4n) is 6.93. The minimum Gasteiger partial charge on any atom is -0.508 e. The first-order chi connectivity index (χ1) is 21.0. The third kappa shape index (κ3) is 4.78. The number of hydrogen-bond acceptors (Lipinski definition) is 10. The van der Waals surface area contributed by atoms with Crippen LogP contribution in [0, 0.1) is 17.7 Å². The largest absolute Gasteiger partial charge is 0.508 e. The lowest BCUT2D eigenvalue weighted by atomic mass is 9.57. The second-order valence-corrected chi connectivity index (χ2v) is 12.4. The van der Waals surface area contributed by atoms with Gasteiger partial charge >= 0.3 is 0 Å². The van der Waals surface area contributed by atoms with Gasteiger partial charge in [-0.15, -0.1) is 0 Å². The Bertz CT molecular complexity index is 1740. The summed E-state index contributed by atoms with van der Waals surface area (Å²) in [6.45, 7) is 0. The molecular weight excluding hydrogens is 611 g/mol. The molecule has 3 aliphatic carbocycles. The number of hydrogen-bond donors (Lipinski definition) is 6. The molecule has 2 aromatic rings. The molecule has 3 unspecified atom stereocenters. The standard InChI is InChI=1S/C31H32ClFN4O8/c1-36(2)22(14-7-5-6-8-17(14)33)30(44)35-21-16(32)11-13-9-12-10-15-23(37(3)4)26(40)20(29(34)43)28(42)31(15,45)27(41)19(12)24(38)18(13)25(21)39/h5-8,11-12,15,22-23,38-39,42,45H,9-10H2,1-4H3,(H2,34,43)(H,35,44)/t12?,15?,22?,23-,31-/m0/s1. The number of aliphatic hydroxyl groups excluding tert-OH is 2. The zero-order chi connectivity index (χ0) is 33.3. The SMILES string of the molecule is CN(C)C(C(=O)Nc1c(Cl)cc2c(c1O)C(O)=C1C(=O)[C@]3(O)C(O)=C(C(N)=O)C(=O)[C@@H](N(C)C)C3CC1C2)c1ccccc1F. The Balaban J connectivity index is 1.61. The smallest absolute Gasteiger partial charge is 0.255 e. The van der Waals surface area contributed by atoms with Crippen molar-refractivity contribution in [3.05, 3.63) is 74.8 Å². The summed E-state index contributed by atoms with van der Waals surface area (Å²) in [6.07, 6.45) is -0.0681. The molecule has 14 heteroatoms. The average Bonchev–Trinajstić information content (AvgIpc) is 2.93. The highest BCUT2D eigenvalue weighted by atomic mass is 35.5. The van der Waals surface area contributed by atoms with E-state index in [2.05, 4.69) is 5.32 Å². The number of nitrogens with one attached hydrogen (secondary N) is 1. The molecule has 1 fully saturated rings.